The summed E-state index contributed by atoms with van der Waals surface area (Å²) in [7, 11) is 0. The third-order valence-corrected chi connectivity index (χ3v) is 3.56. The minimum Gasteiger partial charge on any atom is -0.508 e. The number of nitrogens with one attached hydrogen (secondary N) is 1. The van der Waals surface area contributed by atoms with E-state index in [0.29, 0.717) is 5.75 Å². The molecule has 1 atom stereocenters. The van der Waals surface area contributed by atoms with Crippen LogP contribution in [0.5, 0.6) is 5.75 Å². The summed E-state index contributed by atoms with van der Waals surface area (Å²) in [4.78, 5) is 4.63. The Labute approximate surface area is 128 Å². The normalized spacial score (nSPS) is 15.1. The van der Waals surface area contributed by atoms with Crippen molar-refractivity contribution in [2.24, 2.45) is 4.99 Å². The lowest BCUT2D eigenvalue weighted by Gasteiger charge is -2.28. The van der Waals surface area contributed by atoms with Crippen molar-refractivity contribution in [1.29, 1.82) is 0 Å². The van der Waals surface area contributed by atoms with Crippen molar-refractivity contribution in [3.8, 4) is 5.75 Å². The summed E-state index contributed by atoms with van der Waals surface area (Å²) in [6, 6.07) is 7.30. The first-order chi connectivity index (χ1) is 9.87. The molecule has 0 spiro atoms. The van der Waals surface area contributed by atoms with Crippen LogP contribution >= 0.6 is 0 Å². The second-order valence-electron chi connectivity index (χ2n) is 5.49. The van der Waals surface area contributed by atoms with E-state index in [1.165, 1.54) is 11.1 Å². The van der Waals surface area contributed by atoms with Crippen molar-refractivity contribution < 1.29 is 5.11 Å². The minimum atomic E-state index is -0.412. The van der Waals surface area contributed by atoms with E-state index >= 15 is 0 Å². The highest BCUT2D eigenvalue weighted by Gasteiger charge is 2.23. The van der Waals surface area contributed by atoms with Crippen molar-refractivity contribution in [2.45, 2.75) is 39.8 Å². The first kappa shape index (κ1) is 17.2. The van der Waals surface area contributed by atoms with Gasteiger partial charge in [-0.25, -0.2) is 0 Å². The van der Waals surface area contributed by atoms with E-state index in [1.54, 1.807) is 18.3 Å². The molecule has 2 N–H and O–H groups in total. The number of rotatable bonds is 7. The molecular weight excluding hydrogens is 260 g/mol. The molecule has 21 heavy (non-hydrogen) atoms. The SMILES string of the molecule is C=C(C)/C=N\C(C)(NCCc1ccc(O)cc1)/C(C)=C\C. The van der Waals surface area contributed by atoms with E-state index in [1.807, 2.05) is 26.0 Å². The Kier molecular flexibility index (Phi) is 6.38. The van der Waals surface area contributed by atoms with Gasteiger partial charge in [-0.2, -0.15) is 0 Å². The van der Waals surface area contributed by atoms with Crippen molar-refractivity contribution in [2.75, 3.05) is 6.54 Å². The fourth-order valence-corrected chi connectivity index (χ4v) is 1.92. The summed E-state index contributed by atoms with van der Waals surface area (Å²) in [6.07, 6.45) is 4.76. The molecular formula is C18H26N2O. The molecule has 0 fully saturated rings. The van der Waals surface area contributed by atoms with Gasteiger partial charge in [0, 0.05) is 12.8 Å². The first-order valence-corrected chi connectivity index (χ1v) is 7.24. The van der Waals surface area contributed by atoms with Gasteiger partial charge in [-0.1, -0.05) is 24.8 Å². The number of nitrogens with zero attached hydrogens (tertiary/aromatic N) is 1. The van der Waals surface area contributed by atoms with Crippen molar-refractivity contribution >= 4 is 6.21 Å². The molecule has 0 saturated heterocycles. The summed E-state index contributed by atoms with van der Waals surface area (Å²) in [5.41, 5.74) is 2.88. The fraction of sp³-hybridized carbons (Fsp3) is 0.389. The molecule has 0 bridgehead atoms. The van der Waals surface area contributed by atoms with Crippen LogP contribution in [0.3, 0.4) is 0 Å². The second-order valence-corrected chi connectivity index (χ2v) is 5.49. The van der Waals surface area contributed by atoms with Crippen LogP contribution in [0.1, 0.15) is 33.3 Å². The van der Waals surface area contributed by atoms with Crippen LogP contribution in [0.2, 0.25) is 0 Å². The van der Waals surface area contributed by atoms with Crippen LogP contribution in [0, 0.1) is 0 Å². The molecule has 0 saturated carbocycles. The summed E-state index contributed by atoms with van der Waals surface area (Å²) in [5, 5.41) is 12.8. The summed E-state index contributed by atoms with van der Waals surface area (Å²) < 4.78 is 0. The standard InChI is InChI=1S/C18H26N2O/c1-6-15(4)18(5,20-13-14(2)3)19-12-11-16-7-9-17(21)10-8-16/h6-10,13,19,21H,2,11-12H2,1,3-5H3/b15-6-,20-13-. The van der Waals surface area contributed by atoms with Gasteiger partial charge in [0.05, 0.1) is 0 Å². The molecule has 0 aliphatic rings. The van der Waals surface area contributed by atoms with E-state index < -0.39 is 5.66 Å². The topological polar surface area (TPSA) is 44.6 Å². The fourth-order valence-electron chi connectivity index (χ4n) is 1.92. The predicted molar refractivity (Wildman–Crippen MR) is 91.0 cm³/mol. The Hall–Kier alpha value is -1.87. The van der Waals surface area contributed by atoms with Crippen LogP contribution in [-0.4, -0.2) is 23.5 Å². The molecule has 0 aromatic heterocycles. The first-order valence-electron chi connectivity index (χ1n) is 7.24. The number of aliphatic imine (C=N–C) groups is 1. The molecule has 0 aliphatic carbocycles. The minimum absolute atomic E-state index is 0.298. The van der Waals surface area contributed by atoms with Crippen molar-refractivity contribution in [3.05, 3.63) is 53.6 Å². The Morgan fingerprint density at radius 2 is 1.95 bits per heavy atom. The van der Waals surface area contributed by atoms with Crippen molar-refractivity contribution in [3.63, 3.8) is 0 Å². The Morgan fingerprint density at radius 3 is 2.48 bits per heavy atom. The molecule has 1 rings (SSSR count). The molecule has 1 unspecified atom stereocenters. The number of phenolic OH excluding ortho intramolecular Hbond substituents is 1. The van der Waals surface area contributed by atoms with Crippen LogP contribution in [-0.2, 0) is 6.42 Å². The van der Waals surface area contributed by atoms with Gasteiger partial charge in [0.25, 0.3) is 0 Å². The van der Waals surface area contributed by atoms with Crippen molar-refractivity contribution in [1.82, 2.24) is 5.32 Å². The number of phenols is 1. The average Bonchev–Trinajstić information content (AvgIpc) is 2.46. The zero-order chi connectivity index (χ0) is 15.9. The Morgan fingerprint density at radius 1 is 1.33 bits per heavy atom. The molecule has 1 aromatic carbocycles. The largest absolute Gasteiger partial charge is 0.508 e. The van der Waals surface area contributed by atoms with Crippen LogP contribution < -0.4 is 5.32 Å². The molecule has 114 valence electrons. The highest BCUT2D eigenvalue weighted by atomic mass is 16.3. The zero-order valence-corrected chi connectivity index (χ0v) is 13.5. The van der Waals surface area contributed by atoms with Gasteiger partial charge in [-0.3, -0.25) is 10.3 Å². The third kappa shape index (κ3) is 5.56. The molecule has 0 heterocycles. The number of hydrogen-bond acceptors (Lipinski definition) is 3. The lowest BCUT2D eigenvalue weighted by atomic mass is 10.0. The van der Waals surface area contributed by atoms with Gasteiger partial charge in [-0.05, 0) is 63.0 Å². The van der Waals surface area contributed by atoms with E-state index in [0.717, 1.165) is 18.5 Å². The molecule has 3 heteroatoms. The third-order valence-electron chi connectivity index (χ3n) is 3.56. The molecule has 0 radical (unpaired) electrons. The predicted octanol–water partition coefficient (Wildman–Crippen LogP) is 3.85. The average molecular weight is 286 g/mol. The van der Waals surface area contributed by atoms with Gasteiger partial charge in [0.2, 0.25) is 0 Å². The van der Waals surface area contributed by atoms with Crippen LogP contribution in [0.4, 0.5) is 0 Å². The van der Waals surface area contributed by atoms with Gasteiger partial charge in [-0.15, -0.1) is 0 Å². The zero-order valence-electron chi connectivity index (χ0n) is 13.5. The van der Waals surface area contributed by atoms with Gasteiger partial charge in [0.1, 0.15) is 11.4 Å². The van der Waals surface area contributed by atoms with Gasteiger partial charge < -0.3 is 5.11 Å². The molecule has 3 nitrogen and oxygen atoms in total. The summed E-state index contributed by atoms with van der Waals surface area (Å²) in [6.45, 7) is 12.8. The van der Waals surface area contributed by atoms with Crippen LogP contribution in [0.15, 0.2) is 53.1 Å². The highest BCUT2D eigenvalue weighted by Crippen LogP contribution is 2.18. The number of aromatic hydroxyl groups is 1. The van der Waals surface area contributed by atoms with E-state index in [2.05, 4.69) is 36.8 Å². The molecule has 1 aromatic rings. The molecule has 0 amide bonds. The maximum absolute atomic E-state index is 9.29. The van der Waals surface area contributed by atoms with E-state index in [4.69, 9.17) is 0 Å². The summed E-state index contributed by atoms with van der Waals surface area (Å²) in [5.74, 6) is 0.298. The maximum atomic E-state index is 9.29. The Bertz CT molecular complexity index is 529. The molecule has 0 aliphatic heterocycles. The number of hydrogen-bond donors (Lipinski definition) is 2. The number of benzene rings is 1. The van der Waals surface area contributed by atoms with E-state index in [-0.39, 0.29) is 0 Å². The van der Waals surface area contributed by atoms with Gasteiger partial charge in [0.15, 0.2) is 0 Å². The second kappa shape index (κ2) is 7.79. The monoisotopic (exact) mass is 286 g/mol. The Balaban J connectivity index is 2.69. The quantitative estimate of drug-likeness (QED) is 0.590. The highest BCUT2D eigenvalue weighted by molar-refractivity contribution is 5.77. The lowest BCUT2D eigenvalue weighted by molar-refractivity contribution is 0.435. The maximum Gasteiger partial charge on any atom is 0.129 e. The summed E-state index contributed by atoms with van der Waals surface area (Å²) >= 11 is 0. The smallest absolute Gasteiger partial charge is 0.129 e. The lowest BCUT2D eigenvalue weighted by Crippen LogP contribution is -2.43. The van der Waals surface area contributed by atoms with E-state index in [9.17, 15) is 5.11 Å². The number of allylic oxidation sites excluding steroid dienone is 2. The van der Waals surface area contributed by atoms with Gasteiger partial charge >= 0.3 is 0 Å². The van der Waals surface area contributed by atoms with Crippen LogP contribution in [0.25, 0.3) is 0 Å².